The van der Waals surface area contributed by atoms with Crippen LogP contribution in [0.4, 0.5) is 0 Å². The molecular weight excluding hydrogens is 432 g/mol. The summed E-state index contributed by atoms with van der Waals surface area (Å²) in [6.45, 7) is 2.41. The van der Waals surface area contributed by atoms with Crippen molar-refractivity contribution in [2.75, 3.05) is 19.4 Å². The van der Waals surface area contributed by atoms with Gasteiger partial charge in [-0.3, -0.25) is 4.79 Å². The number of thioether (sulfide) groups is 1. The van der Waals surface area contributed by atoms with E-state index in [-0.39, 0.29) is 28.6 Å². The quantitative estimate of drug-likeness (QED) is 0.723. The number of fused-ring (bicyclic) bond motifs is 1. The smallest absolute Gasteiger partial charge is 0.251 e. The number of hydrogen-bond acceptors (Lipinski definition) is 5. The lowest BCUT2D eigenvalue weighted by molar-refractivity contribution is 0.0934. The predicted octanol–water partition coefficient (Wildman–Crippen LogP) is 4.23. The van der Waals surface area contributed by atoms with Crippen molar-refractivity contribution in [2.24, 2.45) is 0 Å². The van der Waals surface area contributed by atoms with E-state index >= 15 is 0 Å². The zero-order chi connectivity index (χ0) is 22.0. The summed E-state index contributed by atoms with van der Waals surface area (Å²) < 4.78 is 33.7. The van der Waals surface area contributed by atoms with Gasteiger partial charge in [0.05, 0.1) is 13.2 Å². The minimum Gasteiger partial charge on any atom is -0.495 e. The van der Waals surface area contributed by atoms with Crippen LogP contribution in [0.3, 0.4) is 0 Å². The Morgan fingerprint density at radius 3 is 2.74 bits per heavy atom. The largest absolute Gasteiger partial charge is 0.495 e. The number of amides is 1. The first-order valence-corrected chi connectivity index (χ1v) is 13.1. The van der Waals surface area contributed by atoms with Crippen LogP contribution in [-0.2, 0) is 10.0 Å². The maximum atomic E-state index is 13.4. The summed E-state index contributed by atoms with van der Waals surface area (Å²) in [7, 11) is -2.32. The second-order valence-electron chi connectivity index (χ2n) is 8.03. The van der Waals surface area contributed by atoms with E-state index in [2.05, 4.69) is 11.4 Å². The molecule has 1 fully saturated rings. The van der Waals surface area contributed by atoms with E-state index in [9.17, 15) is 13.2 Å². The molecule has 2 aliphatic rings. The molecule has 8 heteroatoms. The lowest BCUT2D eigenvalue weighted by Crippen LogP contribution is -2.42. The molecule has 2 heterocycles. The number of piperidine rings is 1. The molecule has 2 aliphatic heterocycles. The summed E-state index contributed by atoms with van der Waals surface area (Å²) in [5.74, 6) is 0.906. The van der Waals surface area contributed by atoms with E-state index in [1.165, 1.54) is 22.4 Å². The third kappa shape index (κ3) is 4.47. The zero-order valence-electron chi connectivity index (χ0n) is 17.8. The number of carbonyl (C=O) groups is 1. The van der Waals surface area contributed by atoms with Gasteiger partial charge >= 0.3 is 0 Å². The van der Waals surface area contributed by atoms with Crippen LogP contribution in [0.2, 0.25) is 0 Å². The van der Waals surface area contributed by atoms with Gasteiger partial charge in [0, 0.05) is 28.8 Å². The van der Waals surface area contributed by atoms with Crippen molar-refractivity contribution in [1.82, 2.24) is 9.62 Å². The molecule has 4 rings (SSSR count). The zero-order valence-corrected chi connectivity index (χ0v) is 19.5. The van der Waals surface area contributed by atoms with Gasteiger partial charge in [-0.05, 0) is 56.0 Å². The van der Waals surface area contributed by atoms with Crippen molar-refractivity contribution in [2.45, 2.75) is 54.5 Å². The topological polar surface area (TPSA) is 75.7 Å². The Morgan fingerprint density at radius 2 is 1.97 bits per heavy atom. The Labute approximate surface area is 188 Å². The number of hydrogen-bond donors (Lipinski definition) is 1. The van der Waals surface area contributed by atoms with Crippen molar-refractivity contribution in [3.63, 3.8) is 0 Å². The van der Waals surface area contributed by atoms with E-state index in [1.54, 1.807) is 23.9 Å². The molecule has 1 amide bonds. The van der Waals surface area contributed by atoms with E-state index in [1.807, 2.05) is 25.1 Å². The normalized spacial score (nSPS) is 21.9. The van der Waals surface area contributed by atoms with E-state index in [0.29, 0.717) is 12.1 Å². The Balaban J connectivity index is 1.63. The highest BCUT2D eigenvalue weighted by molar-refractivity contribution is 7.99. The maximum absolute atomic E-state index is 13.4. The highest BCUT2D eigenvalue weighted by Gasteiger charge is 2.34. The molecule has 0 aromatic heterocycles. The third-order valence-electron chi connectivity index (χ3n) is 6.02. The molecule has 0 aliphatic carbocycles. The van der Waals surface area contributed by atoms with Crippen LogP contribution < -0.4 is 10.1 Å². The van der Waals surface area contributed by atoms with Crippen LogP contribution in [0.25, 0.3) is 0 Å². The van der Waals surface area contributed by atoms with Crippen LogP contribution in [0.5, 0.6) is 5.75 Å². The predicted molar refractivity (Wildman–Crippen MR) is 122 cm³/mol. The van der Waals surface area contributed by atoms with Crippen LogP contribution >= 0.6 is 11.8 Å². The first-order valence-electron chi connectivity index (χ1n) is 10.6. The molecule has 2 unspecified atom stereocenters. The second kappa shape index (κ2) is 9.22. The number of methoxy groups -OCH3 is 1. The lowest BCUT2D eigenvalue weighted by Gasteiger charge is -2.32. The first-order chi connectivity index (χ1) is 14.9. The van der Waals surface area contributed by atoms with Gasteiger partial charge in [-0.1, -0.05) is 24.6 Å². The van der Waals surface area contributed by atoms with Crippen molar-refractivity contribution in [3.05, 3.63) is 53.6 Å². The monoisotopic (exact) mass is 460 g/mol. The van der Waals surface area contributed by atoms with Crippen molar-refractivity contribution < 1.29 is 17.9 Å². The van der Waals surface area contributed by atoms with Crippen LogP contribution in [0.15, 0.2) is 52.3 Å². The van der Waals surface area contributed by atoms with Crippen LogP contribution in [-0.4, -0.2) is 44.1 Å². The fraction of sp³-hybridized carbons (Fsp3) is 0.435. The summed E-state index contributed by atoms with van der Waals surface area (Å²) >= 11 is 1.79. The molecule has 1 N–H and O–H groups in total. The van der Waals surface area contributed by atoms with Crippen molar-refractivity contribution in [3.8, 4) is 5.75 Å². The van der Waals surface area contributed by atoms with Crippen LogP contribution in [0.1, 0.15) is 54.6 Å². The molecule has 0 bridgehead atoms. The molecule has 2 aromatic rings. The second-order valence-corrected chi connectivity index (χ2v) is 11.0. The molecule has 6 nitrogen and oxygen atoms in total. The average molecular weight is 461 g/mol. The average Bonchev–Trinajstić information content (AvgIpc) is 2.79. The van der Waals surface area contributed by atoms with Gasteiger partial charge in [-0.2, -0.15) is 4.31 Å². The Kier molecular flexibility index (Phi) is 6.60. The molecule has 2 aromatic carbocycles. The number of benzene rings is 2. The van der Waals surface area contributed by atoms with E-state index in [4.69, 9.17) is 4.74 Å². The minimum atomic E-state index is -3.77. The van der Waals surface area contributed by atoms with Crippen LogP contribution in [0, 0.1) is 0 Å². The van der Waals surface area contributed by atoms with Gasteiger partial charge in [0.25, 0.3) is 5.91 Å². The molecule has 0 radical (unpaired) electrons. The molecule has 2 atom stereocenters. The van der Waals surface area contributed by atoms with Gasteiger partial charge in [0.1, 0.15) is 10.6 Å². The fourth-order valence-electron chi connectivity index (χ4n) is 4.31. The van der Waals surface area contributed by atoms with E-state index in [0.717, 1.165) is 37.0 Å². The highest BCUT2D eigenvalue weighted by Crippen LogP contribution is 2.36. The maximum Gasteiger partial charge on any atom is 0.251 e. The number of carbonyl (C=O) groups excluding carboxylic acids is 1. The number of sulfonamides is 1. The molecule has 0 spiro atoms. The van der Waals surface area contributed by atoms with E-state index < -0.39 is 10.0 Å². The van der Waals surface area contributed by atoms with Crippen molar-refractivity contribution in [1.29, 1.82) is 0 Å². The standard InChI is InChI=1S/C23H28N2O4S2/c1-16-7-5-6-13-25(16)31(27,28)22-15-17(10-11-20(22)29-2)23(26)24-19-12-14-30-21-9-4-3-8-18(19)21/h3-4,8-11,15-16,19H,5-7,12-14H2,1-2H3,(H,24,26). The molecular formula is C23H28N2O4S2. The number of rotatable bonds is 5. The molecule has 1 saturated heterocycles. The summed E-state index contributed by atoms with van der Waals surface area (Å²) in [5.41, 5.74) is 1.43. The van der Waals surface area contributed by atoms with Crippen molar-refractivity contribution >= 4 is 27.7 Å². The number of nitrogens with one attached hydrogen (secondary N) is 1. The highest BCUT2D eigenvalue weighted by atomic mass is 32.2. The molecule has 166 valence electrons. The Morgan fingerprint density at radius 1 is 1.16 bits per heavy atom. The van der Waals surface area contributed by atoms with Gasteiger partial charge in [0.15, 0.2) is 0 Å². The summed E-state index contributed by atoms with van der Waals surface area (Å²) in [6, 6.07) is 12.6. The SMILES string of the molecule is COc1ccc(C(=O)NC2CCSc3ccccc32)cc1S(=O)(=O)N1CCCCC1C. The van der Waals surface area contributed by atoms with Gasteiger partial charge in [-0.15, -0.1) is 11.8 Å². The minimum absolute atomic E-state index is 0.0519. The number of ether oxygens (including phenoxy) is 1. The molecule has 0 saturated carbocycles. The molecule has 31 heavy (non-hydrogen) atoms. The summed E-state index contributed by atoms with van der Waals surface area (Å²) in [6.07, 6.45) is 3.53. The number of nitrogens with zero attached hydrogens (tertiary/aromatic N) is 1. The Hall–Kier alpha value is -2.03. The van der Waals surface area contributed by atoms with Gasteiger partial charge in [0.2, 0.25) is 10.0 Å². The van der Waals surface area contributed by atoms with Gasteiger partial charge in [-0.25, -0.2) is 8.42 Å². The lowest BCUT2D eigenvalue weighted by atomic mass is 10.0. The Bertz CT molecular complexity index is 1070. The fourth-order valence-corrected chi connectivity index (χ4v) is 7.32. The third-order valence-corrected chi connectivity index (χ3v) is 9.18. The van der Waals surface area contributed by atoms with Gasteiger partial charge < -0.3 is 10.1 Å². The summed E-state index contributed by atoms with van der Waals surface area (Å²) in [4.78, 5) is 14.3. The summed E-state index contributed by atoms with van der Waals surface area (Å²) in [5, 5.41) is 3.09. The first kappa shape index (κ1) is 22.2.